The van der Waals surface area contributed by atoms with Gasteiger partial charge in [0.25, 0.3) is 0 Å². The predicted molar refractivity (Wildman–Crippen MR) is 131 cm³/mol. The third-order valence-electron chi connectivity index (χ3n) is 7.55. The van der Waals surface area contributed by atoms with Gasteiger partial charge in [-0.1, -0.05) is 17.7 Å². The minimum absolute atomic E-state index is 0.0658. The van der Waals surface area contributed by atoms with Crippen LogP contribution in [-0.2, 0) is 19.2 Å². The molecule has 0 bridgehead atoms. The Morgan fingerprint density at radius 3 is 2.46 bits per heavy atom. The average Bonchev–Trinajstić information content (AvgIpc) is 3.06. The molecule has 0 spiro atoms. The molecule has 0 unspecified atom stereocenters. The normalized spacial score (nSPS) is 28.4. The first kappa shape index (κ1) is 23.7. The number of carbonyl (C=O) groups excluding carboxylic acids is 4. The highest BCUT2D eigenvalue weighted by Gasteiger charge is 2.58. The van der Waals surface area contributed by atoms with E-state index in [0.717, 1.165) is 5.57 Å². The third kappa shape index (κ3) is 3.37. The number of hydrogen-bond donors (Lipinski definition) is 1. The summed E-state index contributed by atoms with van der Waals surface area (Å²) in [5.74, 6) is -3.15. The zero-order valence-electron chi connectivity index (χ0n) is 19.9. The number of ketones is 2. The lowest BCUT2D eigenvalue weighted by Gasteiger charge is -2.42. The number of nitrogens with zero attached hydrogens (tertiary/aromatic N) is 1. The topological polar surface area (TPSA) is 101 Å². The Labute approximate surface area is 211 Å². The van der Waals surface area contributed by atoms with Crippen molar-refractivity contribution in [3.63, 3.8) is 0 Å². The van der Waals surface area contributed by atoms with Crippen LogP contribution in [0.5, 0.6) is 11.5 Å². The summed E-state index contributed by atoms with van der Waals surface area (Å²) < 4.78 is 5.71. The molecule has 3 aliphatic carbocycles. The number of allylic oxidation sites excluding steroid dienone is 6. The van der Waals surface area contributed by atoms with Gasteiger partial charge in [0.15, 0.2) is 11.6 Å². The summed E-state index contributed by atoms with van der Waals surface area (Å²) in [6.07, 6.45) is 3.72. The maximum atomic E-state index is 13.7. The van der Waals surface area contributed by atoms with Crippen molar-refractivity contribution >= 4 is 39.3 Å². The summed E-state index contributed by atoms with van der Waals surface area (Å²) in [6.45, 7) is 5.49. The summed E-state index contributed by atoms with van der Waals surface area (Å²) in [4.78, 5) is 54.9. The van der Waals surface area contributed by atoms with Crippen molar-refractivity contribution < 1.29 is 29.0 Å². The second kappa shape index (κ2) is 8.01. The van der Waals surface area contributed by atoms with Gasteiger partial charge in [0, 0.05) is 34.2 Å². The molecule has 1 fully saturated rings. The van der Waals surface area contributed by atoms with E-state index in [1.165, 1.54) is 24.2 Å². The third-order valence-corrected chi connectivity index (χ3v) is 8.14. The van der Waals surface area contributed by atoms with Gasteiger partial charge in [-0.05, 0) is 67.6 Å². The van der Waals surface area contributed by atoms with Crippen LogP contribution in [0, 0.1) is 17.8 Å². The number of fused-ring (bicyclic) bond motifs is 3. The van der Waals surface area contributed by atoms with Crippen LogP contribution < -0.4 is 4.74 Å². The first-order valence-electron chi connectivity index (χ1n) is 11.6. The van der Waals surface area contributed by atoms with Gasteiger partial charge in [-0.2, -0.15) is 0 Å². The predicted octanol–water partition coefficient (Wildman–Crippen LogP) is 3.96. The van der Waals surface area contributed by atoms with Crippen LogP contribution in [0.15, 0.2) is 51.6 Å². The van der Waals surface area contributed by atoms with Crippen molar-refractivity contribution in [2.75, 3.05) is 7.11 Å². The van der Waals surface area contributed by atoms with Crippen molar-refractivity contribution in [1.29, 1.82) is 0 Å². The van der Waals surface area contributed by atoms with Crippen LogP contribution >= 0.6 is 15.9 Å². The van der Waals surface area contributed by atoms with Crippen molar-refractivity contribution in [3.05, 3.63) is 57.1 Å². The number of rotatable bonds is 2. The summed E-state index contributed by atoms with van der Waals surface area (Å²) in [5, 5.41) is 10.9. The number of likely N-dealkylation sites (tertiary alicyclic amines) is 1. The monoisotopic (exact) mass is 539 g/mol. The quantitative estimate of drug-likeness (QED) is 0.346. The lowest BCUT2D eigenvalue weighted by atomic mass is 9.59. The Kier molecular flexibility index (Phi) is 5.43. The molecule has 35 heavy (non-hydrogen) atoms. The molecule has 8 heteroatoms. The van der Waals surface area contributed by atoms with Gasteiger partial charge < -0.3 is 9.84 Å². The molecule has 4 atom stereocenters. The van der Waals surface area contributed by atoms with Gasteiger partial charge in [-0.25, -0.2) is 0 Å². The van der Waals surface area contributed by atoms with E-state index in [4.69, 9.17) is 4.74 Å². The van der Waals surface area contributed by atoms with Crippen LogP contribution in [0.3, 0.4) is 0 Å². The number of amides is 2. The molecular formula is C27H26BrNO6. The van der Waals surface area contributed by atoms with Crippen LogP contribution in [-0.4, -0.2) is 46.0 Å². The van der Waals surface area contributed by atoms with Crippen molar-refractivity contribution in [2.45, 2.75) is 45.1 Å². The van der Waals surface area contributed by atoms with E-state index < -0.39 is 29.2 Å². The highest BCUT2D eigenvalue weighted by molar-refractivity contribution is 9.12. The fourth-order valence-corrected chi connectivity index (χ4v) is 6.65. The number of carbonyl (C=O) groups is 4. The molecule has 1 aromatic carbocycles. The number of halogens is 1. The molecule has 1 saturated heterocycles. The highest BCUT2D eigenvalue weighted by Crippen LogP contribution is 2.57. The maximum absolute atomic E-state index is 13.7. The molecule has 1 heterocycles. The van der Waals surface area contributed by atoms with E-state index in [0.29, 0.717) is 28.9 Å². The SMILES string of the molecule is COc1cccc(O)c1[C@H]1C2=CC[C@@H]3C(=O)N(C(C)(C)C)C(=O)[C@@H]3[C@@H]2CC2=C1C(=O)C=C(Br)C2=O. The molecule has 1 aromatic rings. The molecule has 1 N–H and O–H groups in total. The van der Waals surface area contributed by atoms with E-state index in [2.05, 4.69) is 15.9 Å². The van der Waals surface area contributed by atoms with Gasteiger partial charge in [0.05, 0.1) is 23.4 Å². The number of benzene rings is 1. The Bertz CT molecular complexity index is 1300. The van der Waals surface area contributed by atoms with E-state index in [-0.39, 0.29) is 40.0 Å². The highest BCUT2D eigenvalue weighted by atomic mass is 79.9. The Morgan fingerprint density at radius 2 is 1.80 bits per heavy atom. The van der Waals surface area contributed by atoms with Gasteiger partial charge in [-0.3, -0.25) is 24.1 Å². The summed E-state index contributed by atoms with van der Waals surface area (Å²) >= 11 is 3.21. The van der Waals surface area contributed by atoms with Gasteiger partial charge in [0.1, 0.15) is 11.5 Å². The average molecular weight is 540 g/mol. The van der Waals surface area contributed by atoms with Gasteiger partial charge >= 0.3 is 0 Å². The number of imide groups is 1. The lowest BCUT2D eigenvalue weighted by molar-refractivity contribution is -0.145. The molecule has 5 rings (SSSR count). The van der Waals surface area contributed by atoms with E-state index in [1.54, 1.807) is 12.1 Å². The molecular weight excluding hydrogens is 514 g/mol. The van der Waals surface area contributed by atoms with Crippen LogP contribution in [0.4, 0.5) is 0 Å². The first-order valence-corrected chi connectivity index (χ1v) is 12.4. The van der Waals surface area contributed by atoms with Crippen LogP contribution in [0.25, 0.3) is 0 Å². The zero-order chi connectivity index (χ0) is 25.4. The molecule has 182 valence electrons. The molecule has 7 nitrogen and oxygen atoms in total. The fraction of sp³-hybridized carbons (Fsp3) is 0.407. The molecule has 0 radical (unpaired) electrons. The number of ether oxygens (including phenoxy) is 1. The Hall–Kier alpha value is -3.00. The lowest BCUT2D eigenvalue weighted by Crippen LogP contribution is -2.46. The standard InChI is InChI=1S/C27H26BrNO6/c1-27(2,3)29-25(33)13-9-8-12-14(20(13)26(29)34)10-15-21(18(31)11-16(28)24(15)32)22(12)23-17(30)6-5-7-19(23)35-4/h5-8,11,13-14,20,22,30H,9-10H2,1-4H3/t13-,14+,20-,22-/m0/s1. The number of aromatic hydroxyl groups is 1. The maximum Gasteiger partial charge on any atom is 0.234 e. The Balaban J connectivity index is 1.73. The van der Waals surface area contributed by atoms with Crippen LogP contribution in [0.1, 0.15) is 45.1 Å². The van der Waals surface area contributed by atoms with Gasteiger partial charge in [0.2, 0.25) is 11.8 Å². The summed E-state index contributed by atoms with van der Waals surface area (Å²) in [7, 11) is 1.48. The van der Waals surface area contributed by atoms with Crippen LogP contribution in [0.2, 0.25) is 0 Å². The molecule has 0 saturated carbocycles. The van der Waals surface area contributed by atoms with E-state index >= 15 is 0 Å². The fourth-order valence-electron chi connectivity index (χ4n) is 6.20. The van der Waals surface area contributed by atoms with Crippen molar-refractivity contribution in [3.8, 4) is 11.5 Å². The molecule has 1 aliphatic heterocycles. The first-order chi connectivity index (χ1) is 16.5. The molecule has 4 aliphatic rings. The second-order valence-corrected chi connectivity index (χ2v) is 11.3. The number of phenols is 1. The number of hydrogen-bond acceptors (Lipinski definition) is 6. The zero-order valence-corrected chi connectivity index (χ0v) is 21.5. The Morgan fingerprint density at radius 1 is 1.09 bits per heavy atom. The minimum Gasteiger partial charge on any atom is -0.507 e. The number of Topliss-reactive ketones (excluding diaryl/α,β-unsaturated/α-hetero) is 1. The van der Waals surface area contributed by atoms with Gasteiger partial charge in [-0.15, -0.1) is 0 Å². The minimum atomic E-state index is -0.763. The smallest absolute Gasteiger partial charge is 0.234 e. The largest absolute Gasteiger partial charge is 0.507 e. The molecule has 0 aromatic heterocycles. The summed E-state index contributed by atoms with van der Waals surface area (Å²) in [6, 6.07) is 4.85. The summed E-state index contributed by atoms with van der Waals surface area (Å²) in [5.41, 5.74) is 1.09. The second-order valence-electron chi connectivity index (χ2n) is 10.5. The molecule has 2 amide bonds. The number of methoxy groups -OCH3 is 1. The van der Waals surface area contributed by atoms with Crippen molar-refractivity contribution in [1.82, 2.24) is 4.90 Å². The van der Waals surface area contributed by atoms with E-state index in [1.807, 2.05) is 26.8 Å². The van der Waals surface area contributed by atoms with E-state index in [9.17, 15) is 24.3 Å². The van der Waals surface area contributed by atoms with Crippen molar-refractivity contribution in [2.24, 2.45) is 17.8 Å². The number of phenolic OH excluding ortho intramolecular Hbond substituents is 1.